The van der Waals surface area contributed by atoms with Crippen molar-refractivity contribution in [3.63, 3.8) is 0 Å². The summed E-state index contributed by atoms with van der Waals surface area (Å²) in [6.45, 7) is -3.08. The molecule has 34 heavy (non-hydrogen) atoms. The Morgan fingerprint density at radius 1 is 1.26 bits per heavy atom. The maximum atomic E-state index is 13.2. The van der Waals surface area contributed by atoms with Gasteiger partial charge >= 0.3 is 6.61 Å². The van der Waals surface area contributed by atoms with Crippen molar-refractivity contribution in [2.24, 2.45) is 5.92 Å². The monoisotopic (exact) mass is 465 g/mol. The van der Waals surface area contributed by atoms with Crippen LogP contribution in [0.3, 0.4) is 0 Å². The summed E-state index contributed by atoms with van der Waals surface area (Å²) in [4.78, 5) is 17.4. The number of halogens is 2. The zero-order valence-corrected chi connectivity index (χ0v) is 18.9. The Morgan fingerprint density at radius 2 is 2.00 bits per heavy atom. The first-order chi connectivity index (χ1) is 16.4. The van der Waals surface area contributed by atoms with E-state index in [4.69, 9.17) is 9.47 Å². The molecule has 176 valence electrons. The number of aromatic nitrogens is 2. The van der Waals surface area contributed by atoms with Crippen LogP contribution in [0.4, 0.5) is 8.78 Å². The molecule has 2 aliphatic carbocycles. The highest BCUT2D eigenvalue weighted by Crippen LogP contribution is 2.42. The summed E-state index contributed by atoms with van der Waals surface area (Å²) in [5.74, 6) is 0.0271. The molecule has 2 fully saturated rings. The number of hydrogen-bond donors (Lipinski definition) is 0. The number of ketones is 1. The van der Waals surface area contributed by atoms with Gasteiger partial charge in [-0.1, -0.05) is 12.8 Å². The standard InChI is InChI=1S/C26H25F2N3O3/c1-33-21-11-17(12-22(34-25(27)28)24(21)20(32)10-16-4-5-16)19-14-30-23-13-18(6-9-31(19)23)26(15-29)7-2-3-8-26/h6,9,11-14,16,25H,2-5,7-8,10H2,1H3. The molecule has 0 saturated heterocycles. The number of rotatable bonds is 8. The number of benzene rings is 1. The molecule has 2 heterocycles. The van der Waals surface area contributed by atoms with Gasteiger partial charge in [-0.25, -0.2) is 4.98 Å². The minimum atomic E-state index is -3.08. The van der Waals surface area contributed by atoms with Crippen LogP contribution in [-0.2, 0) is 5.41 Å². The van der Waals surface area contributed by atoms with Crippen molar-refractivity contribution in [2.75, 3.05) is 7.11 Å². The van der Waals surface area contributed by atoms with Gasteiger partial charge in [0.15, 0.2) is 5.78 Å². The van der Waals surface area contributed by atoms with Gasteiger partial charge in [-0.3, -0.25) is 9.20 Å². The summed E-state index contributed by atoms with van der Waals surface area (Å²) >= 11 is 0. The van der Waals surface area contributed by atoms with Crippen molar-refractivity contribution >= 4 is 11.4 Å². The van der Waals surface area contributed by atoms with Crippen LogP contribution >= 0.6 is 0 Å². The van der Waals surface area contributed by atoms with E-state index in [1.54, 1.807) is 12.3 Å². The van der Waals surface area contributed by atoms with Gasteiger partial charge in [0.25, 0.3) is 0 Å². The Labute approximate surface area is 196 Å². The number of fused-ring (bicyclic) bond motifs is 1. The second-order valence-corrected chi connectivity index (χ2v) is 9.19. The van der Waals surface area contributed by atoms with Gasteiger partial charge in [-0.15, -0.1) is 0 Å². The second-order valence-electron chi connectivity index (χ2n) is 9.19. The molecule has 2 aliphatic rings. The van der Waals surface area contributed by atoms with Gasteiger partial charge in [0.05, 0.1) is 30.5 Å². The molecular weight excluding hydrogens is 440 g/mol. The van der Waals surface area contributed by atoms with E-state index in [1.807, 2.05) is 22.7 Å². The number of nitriles is 1. The highest BCUT2D eigenvalue weighted by molar-refractivity contribution is 6.02. The number of alkyl halides is 2. The summed E-state index contributed by atoms with van der Waals surface area (Å²) in [7, 11) is 1.41. The summed E-state index contributed by atoms with van der Waals surface area (Å²) in [6.07, 6.45) is 9.41. The molecule has 0 N–H and O–H groups in total. The first-order valence-corrected chi connectivity index (χ1v) is 11.5. The van der Waals surface area contributed by atoms with E-state index in [-0.39, 0.29) is 29.3 Å². The summed E-state index contributed by atoms with van der Waals surface area (Å²) in [5, 5.41) is 9.82. The van der Waals surface area contributed by atoms with E-state index in [1.165, 1.54) is 13.2 Å². The van der Waals surface area contributed by atoms with Crippen LogP contribution in [0.1, 0.15) is 60.9 Å². The second kappa shape index (κ2) is 8.71. The molecule has 0 atom stereocenters. The third-order valence-electron chi connectivity index (χ3n) is 6.98. The Hall–Kier alpha value is -3.47. The van der Waals surface area contributed by atoms with Crippen LogP contribution in [0.5, 0.6) is 11.5 Å². The Balaban J connectivity index is 1.58. The van der Waals surface area contributed by atoms with E-state index in [9.17, 15) is 18.8 Å². The molecular formula is C26H25F2N3O3. The van der Waals surface area contributed by atoms with Gasteiger partial charge in [-0.05, 0) is 61.4 Å². The van der Waals surface area contributed by atoms with Crippen molar-refractivity contribution in [1.82, 2.24) is 9.38 Å². The number of nitrogens with zero attached hydrogens (tertiary/aromatic N) is 3. The average Bonchev–Trinajstić information content (AvgIpc) is 3.33. The van der Waals surface area contributed by atoms with Crippen molar-refractivity contribution in [3.8, 4) is 28.8 Å². The molecule has 5 rings (SSSR count). The maximum absolute atomic E-state index is 13.2. The fraction of sp³-hybridized carbons (Fsp3) is 0.423. The summed E-state index contributed by atoms with van der Waals surface area (Å²) < 4.78 is 38.5. The van der Waals surface area contributed by atoms with E-state index >= 15 is 0 Å². The molecule has 2 aromatic heterocycles. The fourth-order valence-electron chi connectivity index (χ4n) is 4.98. The fourth-order valence-corrected chi connectivity index (χ4v) is 4.98. The molecule has 0 spiro atoms. The van der Waals surface area contributed by atoms with Gasteiger partial charge in [0.2, 0.25) is 0 Å². The van der Waals surface area contributed by atoms with E-state index in [2.05, 4.69) is 11.1 Å². The Kier molecular flexibility index (Phi) is 5.72. The smallest absolute Gasteiger partial charge is 0.387 e. The lowest BCUT2D eigenvalue weighted by Crippen LogP contribution is -2.19. The van der Waals surface area contributed by atoms with Crippen LogP contribution in [0.15, 0.2) is 36.7 Å². The summed E-state index contributed by atoms with van der Waals surface area (Å²) in [6, 6.07) is 9.44. The molecule has 1 aromatic carbocycles. The highest BCUT2D eigenvalue weighted by atomic mass is 19.3. The van der Waals surface area contributed by atoms with Crippen LogP contribution in [-0.4, -0.2) is 28.9 Å². The van der Waals surface area contributed by atoms with Crippen LogP contribution in [0.2, 0.25) is 0 Å². The number of pyridine rings is 1. The molecule has 0 unspecified atom stereocenters. The number of methoxy groups -OCH3 is 1. The number of ether oxygens (including phenoxy) is 2. The number of hydrogen-bond acceptors (Lipinski definition) is 5. The largest absolute Gasteiger partial charge is 0.496 e. The first kappa shape index (κ1) is 22.3. The summed E-state index contributed by atoms with van der Waals surface area (Å²) in [5.41, 5.74) is 2.32. The van der Waals surface area contributed by atoms with E-state index in [0.717, 1.165) is 44.1 Å². The van der Waals surface area contributed by atoms with Gasteiger partial charge in [0, 0.05) is 18.2 Å². The number of carbonyl (C=O) groups is 1. The minimum absolute atomic E-state index is 0.0479. The molecule has 0 bridgehead atoms. The number of carbonyl (C=O) groups excluding carboxylic acids is 1. The van der Waals surface area contributed by atoms with Crippen molar-refractivity contribution in [2.45, 2.75) is 57.0 Å². The van der Waals surface area contributed by atoms with Crippen molar-refractivity contribution < 1.29 is 23.0 Å². The minimum Gasteiger partial charge on any atom is -0.496 e. The number of imidazole rings is 1. The third-order valence-corrected chi connectivity index (χ3v) is 6.98. The average molecular weight is 466 g/mol. The van der Waals surface area contributed by atoms with Crippen LogP contribution < -0.4 is 9.47 Å². The highest BCUT2D eigenvalue weighted by Gasteiger charge is 2.36. The van der Waals surface area contributed by atoms with Crippen molar-refractivity contribution in [1.29, 1.82) is 5.26 Å². The van der Waals surface area contributed by atoms with Crippen LogP contribution in [0, 0.1) is 17.2 Å². The SMILES string of the molecule is COc1cc(-c2cnc3cc(C4(C#N)CCCC4)ccn23)cc(OC(F)F)c1C(=O)CC1CC1. The molecule has 6 nitrogen and oxygen atoms in total. The lowest BCUT2D eigenvalue weighted by Gasteiger charge is -2.20. The molecule has 8 heteroatoms. The normalized spacial score (nSPS) is 17.1. The van der Waals surface area contributed by atoms with E-state index in [0.29, 0.717) is 22.8 Å². The van der Waals surface area contributed by atoms with E-state index < -0.39 is 12.0 Å². The lowest BCUT2D eigenvalue weighted by atomic mass is 9.81. The predicted octanol–water partition coefficient (Wildman–Crippen LogP) is 5.93. The van der Waals surface area contributed by atoms with Gasteiger partial charge in [0.1, 0.15) is 22.7 Å². The zero-order chi connectivity index (χ0) is 23.9. The molecule has 0 aliphatic heterocycles. The molecule has 0 radical (unpaired) electrons. The molecule has 3 aromatic rings. The Bertz CT molecular complexity index is 1280. The topological polar surface area (TPSA) is 76.6 Å². The maximum Gasteiger partial charge on any atom is 0.387 e. The Morgan fingerprint density at radius 3 is 2.65 bits per heavy atom. The van der Waals surface area contributed by atoms with Crippen LogP contribution in [0.25, 0.3) is 16.9 Å². The third kappa shape index (κ3) is 4.00. The molecule has 2 saturated carbocycles. The predicted molar refractivity (Wildman–Crippen MR) is 121 cm³/mol. The van der Waals surface area contributed by atoms with Crippen molar-refractivity contribution in [3.05, 3.63) is 47.8 Å². The zero-order valence-electron chi connectivity index (χ0n) is 18.9. The van der Waals surface area contributed by atoms with Gasteiger partial charge < -0.3 is 9.47 Å². The van der Waals surface area contributed by atoms with Gasteiger partial charge in [-0.2, -0.15) is 14.0 Å². The molecule has 0 amide bonds. The first-order valence-electron chi connectivity index (χ1n) is 11.5. The lowest BCUT2D eigenvalue weighted by molar-refractivity contribution is -0.0502. The quantitative estimate of drug-likeness (QED) is 0.386. The number of Topliss-reactive ketones (excluding diaryl/α,β-unsaturated/α-hetero) is 1.